The zero-order valence-electron chi connectivity index (χ0n) is 14.9. The van der Waals surface area contributed by atoms with Crippen molar-refractivity contribution < 1.29 is 4.21 Å². The molecular formula is C17H24N6OS. The minimum atomic E-state index is -0.876. The summed E-state index contributed by atoms with van der Waals surface area (Å²) in [6, 6.07) is 0.328. The molecule has 4 rings (SSSR count). The standard InChI is InChI=1S/C17H24N6OS/c1-11-19-14-5-4-12-10-18-17(21-15(12)16(14)22(11)2)20-13-6-8-23(9-7-13)25(3)24/h10,13H,4-9H2,1-3H3,(H,18,20,21). The second kappa shape index (κ2) is 6.49. The highest BCUT2D eigenvalue weighted by molar-refractivity contribution is 7.81. The molecule has 0 radical (unpaired) electrons. The van der Waals surface area contributed by atoms with Crippen LogP contribution in [0.2, 0.25) is 0 Å². The van der Waals surface area contributed by atoms with Crippen molar-refractivity contribution in [3.63, 3.8) is 0 Å². The Labute approximate surface area is 150 Å². The molecule has 2 aliphatic rings. The summed E-state index contributed by atoms with van der Waals surface area (Å²) in [7, 11) is 1.17. The van der Waals surface area contributed by atoms with E-state index in [0.29, 0.717) is 12.0 Å². The van der Waals surface area contributed by atoms with Gasteiger partial charge in [0.2, 0.25) is 5.95 Å². The van der Waals surface area contributed by atoms with Crippen LogP contribution in [0, 0.1) is 6.92 Å². The fraction of sp³-hybridized carbons (Fsp3) is 0.588. The van der Waals surface area contributed by atoms with Crippen molar-refractivity contribution in [2.75, 3.05) is 24.7 Å². The third kappa shape index (κ3) is 3.08. The summed E-state index contributed by atoms with van der Waals surface area (Å²) in [6.45, 7) is 3.72. The molecule has 25 heavy (non-hydrogen) atoms. The van der Waals surface area contributed by atoms with Crippen LogP contribution < -0.4 is 5.32 Å². The minimum Gasteiger partial charge on any atom is -0.351 e. The molecule has 134 valence electrons. The third-order valence-electron chi connectivity index (χ3n) is 5.26. The topological polar surface area (TPSA) is 75.9 Å². The molecule has 2 aromatic heterocycles. The number of hydrogen-bond acceptors (Lipinski definition) is 5. The van der Waals surface area contributed by atoms with E-state index in [9.17, 15) is 4.21 Å². The highest BCUT2D eigenvalue weighted by atomic mass is 32.2. The van der Waals surface area contributed by atoms with Gasteiger partial charge in [0.15, 0.2) is 0 Å². The lowest BCUT2D eigenvalue weighted by Gasteiger charge is -2.30. The second-order valence-electron chi connectivity index (χ2n) is 6.85. The number of anilines is 1. The average molecular weight is 360 g/mol. The smallest absolute Gasteiger partial charge is 0.223 e. The molecule has 0 bridgehead atoms. The molecule has 1 aliphatic carbocycles. The first-order valence-corrected chi connectivity index (χ1v) is 10.3. The summed E-state index contributed by atoms with van der Waals surface area (Å²) < 4.78 is 15.7. The maximum absolute atomic E-state index is 11.6. The Morgan fingerprint density at radius 1 is 1.24 bits per heavy atom. The van der Waals surface area contributed by atoms with E-state index in [1.165, 1.54) is 5.56 Å². The Balaban J connectivity index is 1.55. The van der Waals surface area contributed by atoms with Crippen LogP contribution in [0.4, 0.5) is 5.95 Å². The number of fused-ring (bicyclic) bond motifs is 3. The number of hydrogen-bond donors (Lipinski definition) is 1. The SMILES string of the molecule is Cc1nc2c(n1C)-c1nc(NC3CCN(S(C)=O)CC3)ncc1CC2. The Morgan fingerprint density at radius 2 is 2.00 bits per heavy atom. The Bertz CT molecular complexity index is 825. The average Bonchev–Trinajstić information content (AvgIpc) is 2.90. The van der Waals surface area contributed by atoms with Gasteiger partial charge in [0.05, 0.1) is 28.1 Å². The van der Waals surface area contributed by atoms with Gasteiger partial charge in [-0.3, -0.25) is 0 Å². The van der Waals surface area contributed by atoms with Gasteiger partial charge in [0.1, 0.15) is 5.82 Å². The maximum Gasteiger partial charge on any atom is 0.223 e. The Hall–Kier alpha value is -1.80. The zero-order chi connectivity index (χ0) is 17.6. The summed E-state index contributed by atoms with van der Waals surface area (Å²) in [5, 5.41) is 3.47. The van der Waals surface area contributed by atoms with E-state index in [1.54, 1.807) is 6.26 Å². The van der Waals surface area contributed by atoms with Gasteiger partial charge in [-0.05, 0) is 38.2 Å². The van der Waals surface area contributed by atoms with Crippen LogP contribution >= 0.6 is 0 Å². The minimum absolute atomic E-state index is 0.328. The quantitative estimate of drug-likeness (QED) is 0.897. The predicted octanol–water partition coefficient (Wildman–Crippen LogP) is 1.45. The largest absolute Gasteiger partial charge is 0.351 e. The molecule has 1 fully saturated rings. The van der Waals surface area contributed by atoms with Gasteiger partial charge in [-0.2, -0.15) is 0 Å². The molecule has 1 atom stereocenters. The third-order valence-corrected chi connectivity index (χ3v) is 6.35. The normalized spacial score (nSPS) is 19.3. The predicted molar refractivity (Wildman–Crippen MR) is 98.7 cm³/mol. The zero-order valence-corrected chi connectivity index (χ0v) is 15.8. The van der Waals surface area contributed by atoms with E-state index in [-0.39, 0.29) is 0 Å². The van der Waals surface area contributed by atoms with Crippen LogP contribution in [-0.2, 0) is 30.9 Å². The van der Waals surface area contributed by atoms with Gasteiger partial charge in [0, 0.05) is 38.6 Å². The number of nitrogens with one attached hydrogen (secondary N) is 1. The maximum atomic E-state index is 11.6. The fourth-order valence-electron chi connectivity index (χ4n) is 3.71. The van der Waals surface area contributed by atoms with Gasteiger partial charge in [-0.1, -0.05) is 0 Å². The lowest BCUT2D eigenvalue weighted by molar-refractivity contribution is 0.346. The number of aromatic nitrogens is 4. The van der Waals surface area contributed by atoms with Crippen molar-refractivity contribution in [2.45, 2.75) is 38.6 Å². The molecule has 0 saturated carbocycles. The van der Waals surface area contributed by atoms with Crippen molar-refractivity contribution in [3.8, 4) is 11.4 Å². The van der Waals surface area contributed by atoms with Gasteiger partial charge >= 0.3 is 0 Å². The molecule has 8 heteroatoms. The van der Waals surface area contributed by atoms with Crippen molar-refractivity contribution in [1.29, 1.82) is 0 Å². The van der Waals surface area contributed by atoms with Gasteiger partial charge < -0.3 is 9.88 Å². The first-order chi connectivity index (χ1) is 12.0. The monoisotopic (exact) mass is 360 g/mol. The first kappa shape index (κ1) is 16.7. The molecule has 1 aliphatic heterocycles. The van der Waals surface area contributed by atoms with E-state index < -0.39 is 11.0 Å². The number of piperidine rings is 1. The number of nitrogens with zero attached hydrogens (tertiary/aromatic N) is 5. The van der Waals surface area contributed by atoms with Gasteiger partial charge in [-0.15, -0.1) is 0 Å². The Kier molecular flexibility index (Phi) is 4.33. The summed E-state index contributed by atoms with van der Waals surface area (Å²) in [5.74, 6) is 1.70. The van der Waals surface area contributed by atoms with Crippen molar-refractivity contribution in [2.24, 2.45) is 7.05 Å². The van der Waals surface area contributed by atoms with Crippen molar-refractivity contribution in [1.82, 2.24) is 23.8 Å². The van der Waals surface area contributed by atoms with E-state index in [2.05, 4.69) is 19.9 Å². The molecule has 1 saturated heterocycles. The van der Waals surface area contributed by atoms with Crippen molar-refractivity contribution >= 4 is 16.9 Å². The number of imidazole rings is 1. The summed E-state index contributed by atoms with van der Waals surface area (Å²) in [4.78, 5) is 14.0. The molecule has 1 unspecified atom stereocenters. The molecule has 3 heterocycles. The molecule has 0 amide bonds. The Morgan fingerprint density at radius 3 is 2.72 bits per heavy atom. The van der Waals surface area contributed by atoms with Crippen molar-refractivity contribution in [3.05, 3.63) is 23.3 Å². The van der Waals surface area contributed by atoms with Gasteiger partial charge in [0.25, 0.3) is 0 Å². The van der Waals surface area contributed by atoms with Crippen LogP contribution in [0.1, 0.15) is 29.9 Å². The molecule has 0 aromatic carbocycles. The lowest BCUT2D eigenvalue weighted by Crippen LogP contribution is -2.39. The van der Waals surface area contributed by atoms with E-state index in [0.717, 1.165) is 61.7 Å². The second-order valence-corrected chi connectivity index (χ2v) is 8.22. The number of aryl methyl sites for hydroxylation is 3. The van der Waals surface area contributed by atoms with E-state index in [1.807, 2.05) is 24.5 Å². The lowest BCUT2D eigenvalue weighted by atomic mass is 9.98. The summed E-state index contributed by atoms with van der Waals surface area (Å²) >= 11 is 0. The van der Waals surface area contributed by atoms with Crippen LogP contribution in [-0.4, -0.2) is 53.4 Å². The van der Waals surface area contributed by atoms with Crippen LogP contribution in [0.15, 0.2) is 6.20 Å². The van der Waals surface area contributed by atoms with Crippen LogP contribution in [0.3, 0.4) is 0 Å². The summed E-state index contributed by atoms with van der Waals surface area (Å²) in [6.07, 6.45) is 7.50. The van der Waals surface area contributed by atoms with E-state index in [4.69, 9.17) is 4.98 Å². The first-order valence-electron chi connectivity index (χ1n) is 8.76. The molecule has 1 N–H and O–H groups in total. The fourth-order valence-corrected chi connectivity index (χ4v) is 4.43. The molecule has 0 spiro atoms. The molecular weight excluding hydrogens is 336 g/mol. The number of rotatable bonds is 3. The highest BCUT2D eigenvalue weighted by Crippen LogP contribution is 2.32. The highest BCUT2D eigenvalue weighted by Gasteiger charge is 2.25. The summed E-state index contributed by atoms with van der Waals surface area (Å²) in [5.41, 5.74) is 4.46. The molecule has 7 nitrogen and oxygen atoms in total. The molecule has 2 aromatic rings. The van der Waals surface area contributed by atoms with Crippen LogP contribution in [0.25, 0.3) is 11.4 Å². The van der Waals surface area contributed by atoms with E-state index >= 15 is 0 Å². The van der Waals surface area contributed by atoms with Crippen LogP contribution in [0.5, 0.6) is 0 Å². The van der Waals surface area contributed by atoms with Gasteiger partial charge in [-0.25, -0.2) is 23.5 Å².